The van der Waals surface area contributed by atoms with E-state index in [2.05, 4.69) is 0 Å². The zero-order valence-corrected chi connectivity index (χ0v) is 14.5. The van der Waals surface area contributed by atoms with Gasteiger partial charge in [0.2, 0.25) is 0 Å². The smallest absolute Gasteiger partial charge is 0.324 e. The van der Waals surface area contributed by atoms with Crippen LogP contribution in [0, 0.1) is 0 Å². The van der Waals surface area contributed by atoms with Crippen LogP contribution in [0.3, 0.4) is 0 Å². The molecule has 1 aliphatic carbocycles. The van der Waals surface area contributed by atoms with Gasteiger partial charge < -0.3 is 10.8 Å². The van der Waals surface area contributed by atoms with Crippen molar-refractivity contribution in [2.75, 3.05) is 13.6 Å². The second-order valence-corrected chi connectivity index (χ2v) is 5.77. The molecule has 1 aromatic rings. The van der Waals surface area contributed by atoms with Crippen LogP contribution in [0.5, 0.6) is 0 Å². The van der Waals surface area contributed by atoms with Crippen LogP contribution in [0.4, 0.5) is 0 Å². The minimum Gasteiger partial charge on any atom is -0.480 e. The lowest BCUT2D eigenvalue weighted by molar-refractivity contribution is -0.150. The quantitative estimate of drug-likeness (QED) is 0.827. The molecular formula is C16H26Cl2N2O2. The lowest BCUT2D eigenvalue weighted by atomic mass is 9.94. The molecule has 0 saturated heterocycles. The Morgan fingerprint density at radius 1 is 1.27 bits per heavy atom. The van der Waals surface area contributed by atoms with Gasteiger partial charge >= 0.3 is 5.97 Å². The SMILES string of the molecule is CN(CC[C@H](N)c1ccccc1)C1(C(=O)O)CCCC1.Cl.Cl. The third-order valence-electron chi connectivity index (χ3n) is 4.56. The van der Waals surface area contributed by atoms with Crippen LogP contribution in [-0.4, -0.2) is 35.1 Å². The Hall–Kier alpha value is -0.810. The van der Waals surface area contributed by atoms with E-state index in [0.717, 1.165) is 37.7 Å². The van der Waals surface area contributed by atoms with Crippen molar-refractivity contribution < 1.29 is 9.90 Å². The first-order valence-electron chi connectivity index (χ1n) is 7.31. The third-order valence-corrected chi connectivity index (χ3v) is 4.56. The highest BCUT2D eigenvalue weighted by molar-refractivity contribution is 5.85. The predicted octanol–water partition coefficient (Wildman–Crippen LogP) is 3.25. The largest absolute Gasteiger partial charge is 0.480 e. The summed E-state index contributed by atoms with van der Waals surface area (Å²) >= 11 is 0. The minimum atomic E-state index is -0.689. The highest BCUT2D eigenvalue weighted by Crippen LogP contribution is 2.35. The number of carboxylic acids is 1. The number of rotatable bonds is 6. The molecule has 0 unspecified atom stereocenters. The van der Waals surface area contributed by atoms with E-state index in [4.69, 9.17) is 5.73 Å². The van der Waals surface area contributed by atoms with E-state index in [1.807, 2.05) is 42.3 Å². The molecular weight excluding hydrogens is 323 g/mol. The Morgan fingerprint density at radius 3 is 2.32 bits per heavy atom. The van der Waals surface area contributed by atoms with Crippen molar-refractivity contribution in [3.8, 4) is 0 Å². The van der Waals surface area contributed by atoms with E-state index >= 15 is 0 Å². The molecule has 1 fully saturated rings. The van der Waals surface area contributed by atoms with Crippen LogP contribution in [0.15, 0.2) is 30.3 Å². The first kappa shape index (κ1) is 21.2. The standard InChI is InChI=1S/C16H24N2O2.2ClH/c1-18(16(15(19)20)10-5-6-11-16)12-9-14(17)13-7-3-2-4-8-13;;/h2-4,7-8,14H,5-6,9-12,17H2,1H3,(H,19,20);2*1H/t14-;;/m0../s1. The number of nitrogens with zero attached hydrogens (tertiary/aromatic N) is 1. The van der Waals surface area contributed by atoms with Crippen molar-refractivity contribution in [3.05, 3.63) is 35.9 Å². The molecule has 1 aliphatic rings. The minimum absolute atomic E-state index is 0. The summed E-state index contributed by atoms with van der Waals surface area (Å²) in [6.07, 6.45) is 4.27. The molecule has 2 rings (SSSR count). The number of likely N-dealkylation sites (N-methyl/N-ethyl adjacent to an activating group) is 1. The second kappa shape index (κ2) is 9.36. The average Bonchev–Trinajstić information content (AvgIpc) is 2.96. The fourth-order valence-corrected chi connectivity index (χ4v) is 3.13. The first-order valence-corrected chi connectivity index (χ1v) is 7.31. The third kappa shape index (κ3) is 4.59. The molecule has 0 bridgehead atoms. The molecule has 1 atom stereocenters. The van der Waals surface area contributed by atoms with Crippen LogP contribution >= 0.6 is 24.8 Å². The maximum Gasteiger partial charge on any atom is 0.324 e. The lowest BCUT2D eigenvalue weighted by Crippen LogP contribution is -2.51. The number of hydrogen-bond acceptors (Lipinski definition) is 3. The van der Waals surface area contributed by atoms with Gasteiger partial charge in [-0.25, -0.2) is 0 Å². The number of carboxylic acid groups (broad SMARTS) is 1. The van der Waals surface area contributed by atoms with Gasteiger partial charge in [0, 0.05) is 12.6 Å². The summed E-state index contributed by atoms with van der Waals surface area (Å²) < 4.78 is 0. The fourth-order valence-electron chi connectivity index (χ4n) is 3.13. The van der Waals surface area contributed by atoms with Gasteiger partial charge in [-0.05, 0) is 31.9 Å². The van der Waals surface area contributed by atoms with Crippen LogP contribution in [-0.2, 0) is 4.79 Å². The van der Waals surface area contributed by atoms with Crippen molar-refractivity contribution >= 4 is 30.8 Å². The van der Waals surface area contributed by atoms with Gasteiger partial charge in [0.15, 0.2) is 0 Å². The number of benzene rings is 1. The number of aliphatic carboxylic acids is 1. The second-order valence-electron chi connectivity index (χ2n) is 5.77. The first-order chi connectivity index (χ1) is 9.56. The summed E-state index contributed by atoms with van der Waals surface area (Å²) in [6.45, 7) is 0.711. The van der Waals surface area contributed by atoms with Gasteiger partial charge in [0.1, 0.15) is 5.54 Å². The van der Waals surface area contributed by atoms with Gasteiger partial charge in [0.25, 0.3) is 0 Å². The Balaban J connectivity index is 0.00000220. The van der Waals surface area contributed by atoms with Crippen molar-refractivity contribution in [3.63, 3.8) is 0 Å². The molecule has 0 heterocycles. The summed E-state index contributed by atoms with van der Waals surface area (Å²) in [5.74, 6) is -0.689. The molecule has 3 N–H and O–H groups in total. The van der Waals surface area contributed by atoms with Crippen molar-refractivity contribution in [2.24, 2.45) is 5.73 Å². The van der Waals surface area contributed by atoms with E-state index in [1.165, 1.54) is 0 Å². The summed E-state index contributed by atoms with van der Waals surface area (Å²) in [4.78, 5) is 13.6. The number of carbonyl (C=O) groups is 1. The Bertz CT molecular complexity index is 451. The number of nitrogens with two attached hydrogens (primary N) is 1. The van der Waals surface area contributed by atoms with E-state index in [1.54, 1.807) is 0 Å². The van der Waals surface area contributed by atoms with Crippen LogP contribution in [0.25, 0.3) is 0 Å². The number of halogens is 2. The molecule has 126 valence electrons. The highest BCUT2D eigenvalue weighted by Gasteiger charge is 2.44. The Labute approximate surface area is 144 Å². The molecule has 22 heavy (non-hydrogen) atoms. The molecule has 0 amide bonds. The zero-order chi connectivity index (χ0) is 14.6. The molecule has 6 heteroatoms. The normalized spacial score (nSPS) is 17.4. The molecule has 1 saturated carbocycles. The summed E-state index contributed by atoms with van der Waals surface area (Å²) in [5.41, 5.74) is 6.62. The maximum atomic E-state index is 11.6. The van der Waals surface area contributed by atoms with Crippen LogP contribution in [0.1, 0.15) is 43.7 Å². The van der Waals surface area contributed by atoms with E-state index < -0.39 is 11.5 Å². The Morgan fingerprint density at radius 2 is 1.82 bits per heavy atom. The summed E-state index contributed by atoms with van der Waals surface area (Å²) in [5, 5.41) is 9.54. The van der Waals surface area contributed by atoms with Gasteiger partial charge in [-0.1, -0.05) is 43.2 Å². The van der Waals surface area contributed by atoms with Gasteiger partial charge in [-0.2, -0.15) is 0 Å². The lowest BCUT2D eigenvalue weighted by Gasteiger charge is -2.35. The van der Waals surface area contributed by atoms with Crippen molar-refractivity contribution in [1.82, 2.24) is 4.90 Å². The fraction of sp³-hybridized carbons (Fsp3) is 0.562. The molecule has 0 spiro atoms. The molecule has 4 nitrogen and oxygen atoms in total. The monoisotopic (exact) mass is 348 g/mol. The van der Waals surface area contributed by atoms with Gasteiger partial charge in [-0.15, -0.1) is 24.8 Å². The molecule has 0 aliphatic heterocycles. The maximum absolute atomic E-state index is 11.6. The molecule has 0 radical (unpaired) electrons. The highest BCUT2D eigenvalue weighted by atomic mass is 35.5. The zero-order valence-electron chi connectivity index (χ0n) is 12.9. The summed E-state index contributed by atoms with van der Waals surface area (Å²) in [7, 11) is 1.91. The number of hydrogen-bond donors (Lipinski definition) is 2. The van der Waals surface area contributed by atoms with Gasteiger partial charge in [0.05, 0.1) is 0 Å². The van der Waals surface area contributed by atoms with Crippen LogP contribution in [0.2, 0.25) is 0 Å². The van der Waals surface area contributed by atoms with Crippen molar-refractivity contribution in [1.29, 1.82) is 0 Å². The Kier molecular flexibility index (Phi) is 9.01. The average molecular weight is 349 g/mol. The summed E-state index contributed by atoms with van der Waals surface area (Å²) in [6, 6.07) is 9.94. The van der Waals surface area contributed by atoms with Crippen molar-refractivity contribution in [2.45, 2.75) is 43.7 Å². The van der Waals surface area contributed by atoms with E-state index in [-0.39, 0.29) is 30.9 Å². The van der Waals surface area contributed by atoms with Gasteiger partial charge in [-0.3, -0.25) is 9.69 Å². The van der Waals surface area contributed by atoms with E-state index in [0.29, 0.717) is 6.54 Å². The predicted molar refractivity (Wildman–Crippen MR) is 93.9 cm³/mol. The van der Waals surface area contributed by atoms with E-state index in [9.17, 15) is 9.90 Å². The molecule has 0 aromatic heterocycles. The topological polar surface area (TPSA) is 66.6 Å². The molecule has 1 aromatic carbocycles. The van der Waals surface area contributed by atoms with Crippen LogP contribution < -0.4 is 5.73 Å².